The second kappa shape index (κ2) is 4.63. The third kappa shape index (κ3) is 2.40. The van der Waals surface area contributed by atoms with Gasteiger partial charge in [-0.2, -0.15) is 0 Å². The van der Waals surface area contributed by atoms with Crippen molar-refractivity contribution in [1.29, 1.82) is 5.41 Å². The standard InChI is InChI=1S/C10H15N3O2S/c1-3-13(2)16(14,15)9-6-4-8(5-7-9)10(11)12/h4-7H,3H2,1-2H3,(H3,11,12). The zero-order valence-corrected chi connectivity index (χ0v) is 10.1. The number of sulfonamides is 1. The minimum absolute atomic E-state index is 0.0761. The molecule has 0 spiro atoms. The highest BCUT2D eigenvalue weighted by Gasteiger charge is 2.18. The van der Waals surface area contributed by atoms with Crippen molar-refractivity contribution in [2.45, 2.75) is 11.8 Å². The summed E-state index contributed by atoms with van der Waals surface area (Å²) in [5.74, 6) is -0.0761. The van der Waals surface area contributed by atoms with Crippen molar-refractivity contribution in [3.8, 4) is 0 Å². The van der Waals surface area contributed by atoms with Crippen molar-refractivity contribution in [3.63, 3.8) is 0 Å². The monoisotopic (exact) mass is 241 g/mol. The number of nitrogen functional groups attached to an aromatic ring is 1. The van der Waals surface area contributed by atoms with Crippen LogP contribution in [0.3, 0.4) is 0 Å². The van der Waals surface area contributed by atoms with Crippen LogP contribution in [0.25, 0.3) is 0 Å². The number of benzene rings is 1. The number of amidine groups is 1. The Labute approximate surface area is 95.4 Å². The maximum Gasteiger partial charge on any atom is 0.242 e. The van der Waals surface area contributed by atoms with Crippen LogP contribution < -0.4 is 5.73 Å². The van der Waals surface area contributed by atoms with Crippen molar-refractivity contribution < 1.29 is 8.42 Å². The molecule has 0 aliphatic rings. The summed E-state index contributed by atoms with van der Waals surface area (Å²) < 4.78 is 25.0. The van der Waals surface area contributed by atoms with Crippen LogP contribution in [0.5, 0.6) is 0 Å². The highest BCUT2D eigenvalue weighted by atomic mass is 32.2. The minimum atomic E-state index is -3.41. The van der Waals surface area contributed by atoms with Gasteiger partial charge in [-0.3, -0.25) is 5.41 Å². The second-order valence-electron chi connectivity index (χ2n) is 3.36. The Balaban J connectivity index is 3.12. The first kappa shape index (κ1) is 12.7. The molecule has 0 unspecified atom stereocenters. The first-order valence-electron chi connectivity index (χ1n) is 4.80. The van der Waals surface area contributed by atoms with E-state index >= 15 is 0 Å². The molecule has 16 heavy (non-hydrogen) atoms. The molecule has 0 aliphatic heterocycles. The molecule has 0 fully saturated rings. The minimum Gasteiger partial charge on any atom is -0.384 e. The Hall–Kier alpha value is -1.40. The van der Waals surface area contributed by atoms with Gasteiger partial charge < -0.3 is 5.73 Å². The van der Waals surface area contributed by atoms with Crippen molar-refractivity contribution >= 4 is 15.9 Å². The van der Waals surface area contributed by atoms with Crippen LogP contribution in [0.1, 0.15) is 12.5 Å². The van der Waals surface area contributed by atoms with Crippen molar-refractivity contribution in [1.82, 2.24) is 4.31 Å². The lowest BCUT2D eigenvalue weighted by atomic mass is 10.2. The number of nitrogens with one attached hydrogen (secondary N) is 1. The van der Waals surface area contributed by atoms with Gasteiger partial charge in [-0.15, -0.1) is 0 Å². The summed E-state index contributed by atoms with van der Waals surface area (Å²) in [6.07, 6.45) is 0. The molecule has 88 valence electrons. The largest absolute Gasteiger partial charge is 0.384 e. The molecule has 6 heteroatoms. The fourth-order valence-corrected chi connectivity index (χ4v) is 2.34. The van der Waals surface area contributed by atoms with E-state index in [0.29, 0.717) is 12.1 Å². The number of rotatable bonds is 4. The van der Waals surface area contributed by atoms with Gasteiger partial charge in [0.15, 0.2) is 0 Å². The molecule has 0 saturated heterocycles. The van der Waals surface area contributed by atoms with Gasteiger partial charge in [0.2, 0.25) is 10.0 Å². The average molecular weight is 241 g/mol. The molecule has 0 atom stereocenters. The zero-order valence-electron chi connectivity index (χ0n) is 9.27. The maximum atomic E-state index is 11.9. The summed E-state index contributed by atoms with van der Waals surface area (Å²) in [5.41, 5.74) is 5.79. The Morgan fingerprint density at radius 2 is 1.88 bits per heavy atom. The van der Waals surface area contributed by atoms with E-state index in [2.05, 4.69) is 0 Å². The lowest BCUT2D eigenvalue weighted by molar-refractivity contribution is 0.486. The average Bonchev–Trinajstić information content (AvgIpc) is 2.28. The quantitative estimate of drug-likeness (QED) is 0.598. The van der Waals surface area contributed by atoms with Crippen LogP contribution >= 0.6 is 0 Å². The van der Waals surface area contributed by atoms with E-state index in [0.717, 1.165) is 0 Å². The summed E-state index contributed by atoms with van der Waals surface area (Å²) in [7, 11) is -1.89. The summed E-state index contributed by atoms with van der Waals surface area (Å²) in [6.45, 7) is 2.18. The molecule has 0 bridgehead atoms. The molecule has 1 aromatic carbocycles. The third-order valence-electron chi connectivity index (χ3n) is 2.32. The summed E-state index contributed by atoms with van der Waals surface area (Å²) in [6, 6.07) is 5.97. The van der Waals surface area contributed by atoms with Crippen LogP contribution in [-0.2, 0) is 10.0 Å². The van der Waals surface area contributed by atoms with Crippen LogP contribution in [0.2, 0.25) is 0 Å². The van der Waals surface area contributed by atoms with Gasteiger partial charge in [0.1, 0.15) is 5.84 Å². The fraction of sp³-hybridized carbons (Fsp3) is 0.300. The van der Waals surface area contributed by atoms with Crippen molar-refractivity contribution in [3.05, 3.63) is 29.8 Å². The molecule has 1 aromatic rings. The summed E-state index contributed by atoms with van der Waals surface area (Å²) in [4.78, 5) is 0.210. The van der Waals surface area contributed by atoms with E-state index in [1.54, 1.807) is 6.92 Å². The van der Waals surface area contributed by atoms with E-state index in [4.69, 9.17) is 11.1 Å². The number of hydrogen-bond donors (Lipinski definition) is 2. The summed E-state index contributed by atoms with van der Waals surface area (Å²) in [5, 5.41) is 7.20. The zero-order chi connectivity index (χ0) is 12.3. The Bertz CT molecular complexity index is 479. The molecule has 0 saturated carbocycles. The molecular weight excluding hydrogens is 226 g/mol. The topological polar surface area (TPSA) is 87.2 Å². The molecule has 0 heterocycles. The molecule has 5 nitrogen and oxygen atoms in total. The van der Waals surface area contributed by atoms with Gasteiger partial charge in [-0.25, -0.2) is 12.7 Å². The molecular formula is C10H15N3O2S. The van der Waals surface area contributed by atoms with Gasteiger partial charge in [0, 0.05) is 19.2 Å². The van der Waals surface area contributed by atoms with E-state index in [-0.39, 0.29) is 10.7 Å². The van der Waals surface area contributed by atoms with E-state index in [1.165, 1.54) is 35.6 Å². The molecule has 0 aliphatic carbocycles. The Kier molecular flexibility index (Phi) is 3.66. The Morgan fingerprint density at radius 3 is 2.25 bits per heavy atom. The predicted octanol–water partition coefficient (Wildman–Crippen LogP) is 0.611. The van der Waals surface area contributed by atoms with Crippen molar-refractivity contribution in [2.24, 2.45) is 5.73 Å². The van der Waals surface area contributed by atoms with Crippen LogP contribution in [0, 0.1) is 5.41 Å². The number of hydrogen-bond acceptors (Lipinski definition) is 3. The van der Waals surface area contributed by atoms with Crippen LogP contribution in [0.15, 0.2) is 29.2 Å². The molecule has 0 radical (unpaired) electrons. The fourth-order valence-electron chi connectivity index (χ4n) is 1.16. The Morgan fingerprint density at radius 1 is 1.38 bits per heavy atom. The first-order chi connectivity index (χ1) is 7.39. The highest BCUT2D eigenvalue weighted by molar-refractivity contribution is 7.89. The van der Waals surface area contributed by atoms with Gasteiger partial charge in [0.25, 0.3) is 0 Å². The molecule has 1 rings (SSSR count). The van der Waals surface area contributed by atoms with Crippen molar-refractivity contribution in [2.75, 3.05) is 13.6 Å². The van der Waals surface area contributed by atoms with Gasteiger partial charge in [0.05, 0.1) is 4.90 Å². The molecule has 0 amide bonds. The second-order valence-corrected chi connectivity index (χ2v) is 5.40. The predicted molar refractivity (Wildman–Crippen MR) is 62.9 cm³/mol. The molecule has 0 aromatic heterocycles. The van der Waals surface area contributed by atoms with Gasteiger partial charge in [-0.1, -0.05) is 6.92 Å². The third-order valence-corrected chi connectivity index (χ3v) is 4.27. The smallest absolute Gasteiger partial charge is 0.242 e. The number of nitrogens with zero attached hydrogens (tertiary/aromatic N) is 1. The number of nitrogens with two attached hydrogens (primary N) is 1. The van der Waals surface area contributed by atoms with Gasteiger partial charge in [-0.05, 0) is 24.3 Å². The lowest BCUT2D eigenvalue weighted by Gasteiger charge is -2.14. The maximum absolute atomic E-state index is 11.9. The normalized spacial score (nSPS) is 11.7. The lowest BCUT2D eigenvalue weighted by Crippen LogP contribution is -2.26. The van der Waals surface area contributed by atoms with Gasteiger partial charge >= 0.3 is 0 Å². The van der Waals surface area contributed by atoms with E-state index in [9.17, 15) is 8.42 Å². The SMILES string of the molecule is CCN(C)S(=O)(=O)c1ccc(C(=N)N)cc1. The highest BCUT2D eigenvalue weighted by Crippen LogP contribution is 2.14. The van der Waals surface area contributed by atoms with E-state index < -0.39 is 10.0 Å². The van der Waals surface area contributed by atoms with E-state index in [1.807, 2.05) is 0 Å². The van der Waals surface area contributed by atoms with Crippen LogP contribution in [-0.4, -0.2) is 32.2 Å². The summed E-state index contributed by atoms with van der Waals surface area (Å²) >= 11 is 0. The molecule has 3 N–H and O–H groups in total. The van der Waals surface area contributed by atoms with Crippen LogP contribution in [0.4, 0.5) is 0 Å². The first-order valence-corrected chi connectivity index (χ1v) is 6.24.